The van der Waals surface area contributed by atoms with E-state index in [9.17, 15) is 14.4 Å². The van der Waals surface area contributed by atoms with Crippen molar-refractivity contribution in [3.63, 3.8) is 0 Å². The van der Waals surface area contributed by atoms with E-state index in [0.29, 0.717) is 10.9 Å². The molecule has 0 aliphatic carbocycles. The lowest BCUT2D eigenvalue weighted by Gasteiger charge is -2.12. The fraction of sp³-hybridized carbons (Fsp3) is 0.133. The van der Waals surface area contributed by atoms with Crippen molar-refractivity contribution in [2.24, 2.45) is 0 Å². The van der Waals surface area contributed by atoms with Crippen LogP contribution in [0.15, 0.2) is 36.8 Å². The second-order valence-electron chi connectivity index (χ2n) is 5.20. The number of H-pyrrole nitrogens is 1. The number of hydroxylamine groups is 2. The third-order valence-electron chi connectivity index (χ3n) is 3.71. The minimum absolute atomic E-state index is 0.0371. The maximum Gasteiger partial charge on any atom is 0.382 e. The number of benzene rings is 1. The highest BCUT2D eigenvalue weighted by Gasteiger charge is 2.34. The van der Waals surface area contributed by atoms with Gasteiger partial charge >= 0.3 is 5.97 Å². The van der Waals surface area contributed by atoms with Gasteiger partial charge in [-0.05, 0) is 12.1 Å². The minimum Gasteiger partial charge on any atom is -0.323 e. The van der Waals surface area contributed by atoms with Gasteiger partial charge in [0.1, 0.15) is 6.33 Å². The molecule has 9 heteroatoms. The number of hydrogen-bond donors (Lipinski definition) is 1. The quantitative estimate of drug-likeness (QED) is 0.718. The number of aromatic amines is 1. The summed E-state index contributed by atoms with van der Waals surface area (Å²) in [6, 6.07) is 7.40. The summed E-state index contributed by atoms with van der Waals surface area (Å²) >= 11 is 0. The van der Waals surface area contributed by atoms with Gasteiger partial charge in [0, 0.05) is 18.2 Å². The molecule has 2 amide bonds. The smallest absolute Gasteiger partial charge is 0.323 e. The molecule has 1 N–H and O–H groups in total. The van der Waals surface area contributed by atoms with E-state index in [1.165, 1.54) is 17.1 Å². The third-order valence-corrected chi connectivity index (χ3v) is 3.71. The molecule has 9 nitrogen and oxygen atoms in total. The van der Waals surface area contributed by atoms with Crippen molar-refractivity contribution < 1.29 is 19.2 Å². The number of fused-ring (bicyclic) bond motifs is 1. The van der Waals surface area contributed by atoms with Crippen LogP contribution in [0.2, 0.25) is 0 Å². The van der Waals surface area contributed by atoms with Crippen LogP contribution in [0.3, 0.4) is 0 Å². The van der Waals surface area contributed by atoms with Crippen LogP contribution in [0.1, 0.15) is 23.3 Å². The van der Waals surface area contributed by atoms with Crippen molar-refractivity contribution in [2.75, 3.05) is 0 Å². The molecule has 1 fully saturated rings. The minimum atomic E-state index is -0.858. The normalized spacial score (nSPS) is 14.6. The van der Waals surface area contributed by atoms with Gasteiger partial charge < -0.3 is 4.84 Å². The van der Waals surface area contributed by atoms with Gasteiger partial charge in [-0.25, -0.2) is 9.78 Å². The molecule has 1 saturated heterocycles. The summed E-state index contributed by atoms with van der Waals surface area (Å²) in [5.41, 5.74) is 0.852. The Balaban J connectivity index is 1.69. The van der Waals surface area contributed by atoms with Gasteiger partial charge in [0.2, 0.25) is 0 Å². The van der Waals surface area contributed by atoms with E-state index < -0.39 is 17.8 Å². The Kier molecular flexibility index (Phi) is 3.12. The summed E-state index contributed by atoms with van der Waals surface area (Å²) in [5, 5.41) is 8.34. The van der Waals surface area contributed by atoms with Crippen LogP contribution in [0.25, 0.3) is 16.7 Å². The van der Waals surface area contributed by atoms with E-state index >= 15 is 0 Å². The Morgan fingerprint density at radius 1 is 1.17 bits per heavy atom. The molecule has 2 aromatic heterocycles. The number of carbonyl (C=O) groups is 3. The zero-order chi connectivity index (χ0) is 16.7. The van der Waals surface area contributed by atoms with Crippen molar-refractivity contribution in [2.45, 2.75) is 12.8 Å². The predicted molar refractivity (Wildman–Crippen MR) is 79.7 cm³/mol. The summed E-state index contributed by atoms with van der Waals surface area (Å²) in [6.45, 7) is 0. The molecular formula is C15H11N5O4. The van der Waals surface area contributed by atoms with Gasteiger partial charge in [0.25, 0.3) is 11.8 Å². The standard InChI is InChI=1S/C15H11N5O4/c21-12-5-6-13(22)20(12)24-15(23)11-7-16-8-19(11)14-9-3-1-2-4-10(9)17-18-14/h1-4,7-8H,5-6H2,(H,17,18). The molecular weight excluding hydrogens is 314 g/mol. The molecule has 3 heterocycles. The summed E-state index contributed by atoms with van der Waals surface area (Å²) in [5.74, 6) is -1.47. The Bertz CT molecular complexity index is 957. The maximum absolute atomic E-state index is 12.3. The first kappa shape index (κ1) is 14.1. The summed E-state index contributed by atoms with van der Waals surface area (Å²) in [4.78, 5) is 44.3. The highest BCUT2D eigenvalue weighted by molar-refractivity contribution is 6.02. The Labute approximate surface area is 134 Å². The van der Waals surface area contributed by atoms with Crippen molar-refractivity contribution in [3.8, 4) is 5.82 Å². The molecule has 3 aromatic rings. The van der Waals surface area contributed by atoms with Gasteiger partial charge in [-0.15, -0.1) is 5.06 Å². The van der Waals surface area contributed by atoms with E-state index in [1.807, 2.05) is 24.3 Å². The Hall–Kier alpha value is -3.49. The zero-order valence-corrected chi connectivity index (χ0v) is 12.3. The first-order valence-electron chi connectivity index (χ1n) is 7.19. The Morgan fingerprint density at radius 2 is 1.92 bits per heavy atom. The van der Waals surface area contributed by atoms with Crippen molar-refractivity contribution in [1.29, 1.82) is 0 Å². The monoisotopic (exact) mass is 325 g/mol. The number of imidazole rings is 1. The van der Waals surface area contributed by atoms with Crippen LogP contribution in [-0.4, -0.2) is 42.6 Å². The van der Waals surface area contributed by atoms with Crippen molar-refractivity contribution in [3.05, 3.63) is 42.5 Å². The highest BCUT2D eigenvalue weighted by Crippen LogP contribution is 2.21. The zero-order valence-electron chi connectivity index (χ0n) is 12.3. The molecule has 0 saturated carbocycles. The molecule has 0 spiro atoms. The number of aromatic nitrogens is 4. The first-order valence-corrected chi connectivity index (χ1v) is 7.19. The largest absolute Gasteiger partial charge is 0.382 e. The number of nitrogens with zero attached hydrogens (tertiary/aromatic N) is 4. The van der Waals surface area contributed by atoms with E-state index in [2.05, 4.69) is 15.2 Å². The van der Waals surface area contributed by atoms with Crippen molar-refractivity contribution >= 4 is 28.7 Å². The SMILES string of the molecule is O=C(ON1C(=O)CCC1=O)c1cncn1-c1n[nH]c2ccccc12. The summed E-state index contributed by atoms with van der Waals surface area (Å²) in [7, 11) is 0. The fourth-order valence-electron chi connectivity index (χ4n) is 2.54. The molecule has 0 unspecified atom stereocenters. The van der Waals surface area contributed by atoms with E-state index in [4.69, 9.17) is 4.84 Å². The molecule has 4 rings (SSSR count). The van der Waals surface area contributed by atoms with Crippen LogP contribution in [-0.2, 0) is 14.4 Å². The number of para-hydroxylation sites is 1. The molecule has 1 aliphatic rings. The van der Waals surface area contributed by atoms with Crippen LogP contribution in [0.4, 0.5) is 0 Å². The molecule has 0 atom stereocenters. The second-order valence-corrected chi connectivity index (χ2v) is 5.20. The van der Waals surface area contributed by atoms with E-state index in [0.717, 1.165) is 10.9 Å². The average molecular weight is 325 g/mol. The van der Waals surface area contributed by atoms with E-state index in [1.54, 1.807) is 0 Å². The second kappa shape index (κ2) is 5.30. The van der Waals surface area contributed by atoms with Gasteiger partial charge in [-0.3, -0.25) is 19.3 Å². The van der Waals surface area contributed by atoms with Crippen LogP contribution in [0.5, 0.6) is 0 Å². The maximum atomic E-state index is 12.3. The fourth-order valence-corrected chi connectivity index (χ4v) is 2.54. The Morgan fingerprint density at radius 3 is 2.71 bits per heavy atom. The molecule has 1 aliphatic heterocycles. The van der Waals surface area contributed by atoms with Crippen LogP contribution in [0, 0.1) is 0 Å². The number of hydrogen-bond acceptors (Lipinski definition) is 6. The molecule has 120 valence electrons. The van der Waals surface area contributed by atoms with Gasteiger partial charge in [0.15, 0.2) is 11.5 Å². The van der Waals surface area contributed by atoms with Gasteiger partial charge in [-0.1, -0.05) is 12.1 Å². The van der Waals surface area contributed by atoms with Gasteiger partial charge in [-0.2, -0.15) is 5.10 Å². The first-order chi connectivity index (χ1) is 11.6. The third kappa shape index (κ3) is 2.14. The molecule has 1 aromatic carbocycles. The summed E-state index contributed by atoms with van der Waals surface area (Å²) in [6.07, 6.45) is 2.77. The summed E-state index contributed by atoms with van der Waals surface area (Å²) < 4.78 is 1.44. The topological polar surface area (TPSA) is 110 Å². The number of imide groups is 1. The predicted octanol–water partition coefficient (Wildman–Crippen LogP) is 0.969. The number of nitrogens with one attached hydrogen (secondary N) is 1. The molecule has 0 radical (unpaired) electrons. The number of rotatable bonds is 3. The number of carbonyl (C=O) groups excluding carboxylic acids is 3. The lowest BCUT2D eigenvalue weighted by atomic mass is 10.2. The van der Waals surface area contributed by atoms with E-state index in [-0.39, 0.29) is 18.5 Å². The van der Waals surface area contributed by atoms with Crippen LogP contribution >= 0.6 is 0 Å². The molecule has 0 bridgehead atoms. The number of amides is 2. The van der Waals surface area contributed by atoms with Gasteiger partial charge in [0.05, 0.1) is 11.7 Å². The molecule has 24 heavy (non-hydrogen) atoms. The average Bonchev–Trinajstić information content (AvgIpc) is 3.28. The van der Waals surface area contributed by atoms with Crippen molar-refractivity contribution in [1.82, 2.24) is 24.8 Å². The lowest BCUT2D eigenvalue weighted by molar-refractivity contribution is -0.172. The van der Waals surface area contributed by atoms with Crippen LogP contribution < -0.4 is 0 Å². The lowest BCUT2D eigenvalue weighted by Crippen LogP contribution is -2.32. The highest BCUT2D eigenvalue weighted by atomic mass is 16.7.